The molecular formula is C27H30Cl2F4N2O7S. The van der Waals surface area contributed by atoms with E-state index in [2.05, 4.69) is 4.90 Å². The van der Waals surface area contributed by atoms with E-state index in [0.717, 1.165) is 49.6 Å². The summed E-state index contributed by atoms with van der Waals surface area (Å²) in [7, 11) is -2.17. The number of halogens is 6. The fourth-order valence-corrected chi connectivity index (χ4v) is 5.64. The highest BCUT2D eigenvalue weighted by Gasteiger charge is 2.38. The number of hydrogen-bond donors (Lipinski definition) is 2. The van der Waals surface area contributed by atoms with Crippen LogP contribution in [0.15, 0.2) is 30.3 Å². The molecule has 1 aliphatic carbocycles. The van der Waals surface area contributed by atoms with Crippen LogP contribution in [-0.2, 0) is 19.6 Å². The van der Waals surface area contributed by atoms with E-state index in [-0.39, 0.29) is 23.6 Å². The number of carboxylic acid groups (broad SMARTS) is 1. The van der Waals surface area contributed by atoms with Gasteiger partial charge >= 0.3 is 12.1 Å². The molecule has 2 aliphatic rings. The van der Waals surface area contributed by atoms with Crippen molar-refractivity contribution in [1.82, 2.24) is 9.62 Å². The number of carbonyl (C=O) groups excluding carboxylic acids is 1. The van der Waals surface area contributed by atoms with E-state index in [0.29, 0.717) is 28.9 Å². The molecule has 238 valence electrons. The maximum absolute atomic E-state index is 14.9. The van der Waals surface area contributed by atoms with Gasteiger partial charge in [-0.15, -0.1) is 0 Å². The number of carboxylic acids is 1. The Balaban J connectivity index is 0.000000646. The zero-order valence-electron chi connectivity index (χ0n) is 23.1. The van der Waals surface area contributed by atoms with Crippen molar-refractivity contribution < 1.29 is 50.1 Å². The lowest BCUT2D eigenvalue weighted by atomic mass is 10.0. The topological polar surface area (TPSA) is 122 Å². The molecule has 0 bridgehead atoms. The van der Waals surface area contributed by atoms with Crippen molar-refractivity contribution >= 4 is 45.1 Å². The number of nitrogens with one attached hydrogen (secondary N) is 1. The Kier molecular flexibility index (Phi) is 11.7. The van der Waals surface area contributed by atoms with Gasteiger partial charge in [-0.25, -0.2) is 22.3 Å². The number of nitrogens with zero attached hydrogens (tertiary/aromatic N) is 1. The maximum Gasteiger partial charge on any atom is 0.490 e. The van der Waals surface area contributed by atoms with Gasteiger partial charge in [-0.2, -0.15) is 13.2 Å². The van der Waals surface area contributed by atoms with E-state index in [9.17, 15) is 30.8 Å². The molecule has 2 atom stereocenters. The third-order valence-corrected chi connectivity index (χ3v) is 7.61. The number of alkyl halides is 3. The van der Waals surface area contributed by atoms with Crippen molar-refractivity contribution in [2.45, 2.75) is 49.9 Å². The first-order chi connectivity index (χ1) is 20.0. The molecule has 1 unspecified atom stereocenters. The van der Waals surface area contributed by atoms with E-state index < -0.39 is 33.9 Å². The number of piperidine rings is 1. The van der Waals surface area contributed by atoms with Crippen LogP contribution in [0.3, 0.4) is 0 Å². The Labute approximate surface area is 256 Å². The summed E-state index contributed by atoms with van der Waals surface area (Å²) in [5.41, 5.74) is 1.36. The zero-order chi connectivity index (χ0) is 32.1. The van der Waals surface area contributed by atoms with Crippen molar-refractivity contribution in [2.75, 3.05) is 33.1 Å². The lowest BCUT2D eigenvalue weighted by molar-refractivity contribution is -0.192. The normalized spacial score (nSPS) is 18.3. The third kappa shape index (κ3) is 10.5. The van der Waals surface area contributed by atoms with Crippen LogP contribution < -0.4 is 9.46 Å². The molecule has 0 spiro atoms. The molecule has 2 aromatic carbocycles. The molecule has 2 aromatic rings. The van der Waals surface area contributed by atoms with Crippen molar-refractivity contribution in [2.24, 2.45) is 0 Å². The second-order valence-electron chi connectivity index (χ2n) is 10.2. The van der Waals surface area contributed by atoms with Crippen LogP contribution in [0.4, 0.5) is 17.6 Å². The van der Waals surface area contributed by atoms with Gasteiger partial charge in [0.1, 0.15) is 17.7 Å². The Hall–Kier alpha value is -2.65. The van der Waals surface area contributed by atoms with Crippen LogP contribution in [0.25, 0.3) is 0 Å². The van der Waals surface area contributed by atoms with E-state index in [1.54, 1.807) is 13.2 Å². The quantitative estimate of drug-likeness (QED) is 0.332. The Morgan fingerprint density at radius 2 is 1.72 bits per heavy atom. The van der Waals surface area contributed by atoms with Crippen molar-refractivity contribution in [1.29, 1.82) is 0 Å². The molecule has 0 aromatic heterocycles. The maximum atomic E-state index is 14.9. The Bertz CT molecular complexity index is 1420. The average molecular weight is 674 g/mol. The number of ether oxygens (including phenoxy) is 2. The van der Waals surface area contributed by atoms with Gasteiger partial charge in [0.05, 0.1) is 24.5 Å². The Morgan fingerprint density at radius 3 is 2.23 bits per heavy atom. The molecule has 2 fully saturated rings. The SMILES string of the molecule is COCC(c1cc(Cl)cc(Cl)c1)N1CCC[C@@H](Oc2cc(F)c(C(=O)NS(C)(=O)=O)cc2C2CC2)C1.O=C(O)C(F)(F)F. The standard InChI is InChI=1S/C25H29Cl2FN2O5S.C2HF3O2/c1-34-14-23(16-8-17(26)10-18(27)9-16)30-7-3-4-19(13-30)35-24-12-22(28)21(11-20(24)15-5-6-15)25(31)29-36(2,32)33;3-2(4,5)1(6)7/h8-12,15,19,23H,3-7,13-14H2,1-2H3,(H,29,31);(H,6,7)/t19-,23?;/m1./s1. The van der Waals surface area contributed by atoms with Gasteiger partial charge in [-0.1, -0.05) is 23.2 Å². The fourth-order valence-electron chi connectivity index (χ4n) is 4.65. The molecule has 1 saturated carbocycles. The van der Waals surface area contributed by atoms with Crippen LogP contribution in [0.5, 0.6) is 5.75 Å². The summed E-state index contributed by atoms with van der Waals surface area (Å²) < 4.78 is 83.2. The molecule has 9 nitrogen and oxygen atoms in total. The fraction of sp³-hybridized carbons (Fsp3) is 0.481. The molecule has 1 aliphatic heterocycles. The highest BCUT2D eigenvalue weighted by atomic mass is 35.5. The third-order valence-electron chi connectivity index (χ3n) is 6.62. The smallest absolute Gasteiger partial charge is 0.489 e. The van der Waals surface area contributed by atoms with Crippen LogP contribution >= 0.6 is 23.2 Å². The number of amides is 1. The van der Waals surface area contributed by atoms with Gasteiger partial charge in [0.2, 0.25) is 10.0 Å². The lowest BCUT2D eigenvalue weighted by Gasteiger charge is -2.38. The number of hydrogen-bond acceptors (Lipinski definition) is 7. The summed E-state index contributed by atoms with van der Waals surface area (Å²) in [4.78, 5) is 23.5. The van der Waals surface area contributed by atoms with E-state index in [4.69, 9.17) is 42.6 Å². The molecular weight excluding hydrogens is 643 g/mol. The summed E-state index contributed by atoms with van der Waals surface area (Å²) in [6.45, 7) is 1.85. The molecule has 0 radical (unpaired) electrons. The zero-order valence-corrected chi connectivity index (χ0v) is 25.4. The predicted octanol–water partition coefficient (Wildman–Crippen LogP) is 5.56. The number of carbonyl (C=O) groups is 2. The summed E-state index contributed by atoms with van der Waals surface area (Å²) in [6.07, 6.45) is -0.982. The van der Waals surface area contributed by atoms with E-state index >= 15 is 0 Å². The van der Waals surface area contributed by atoms with Crippen LogP contribution in [0, 0.1) is 5.82 Å². The number of likely N-dealkylation sites (tertiary alicyclic amines) is 1. The summed E-state index contributed by atoms with van der Waals surface area (Å²) in [5.74, 6) is -4.02. The van der Waals surface area contributed by atoms with E-state index in [1.165, 1.54) is 12.1 Å². The molecule has 1 saturated heterocycles. The van der Waals surface area contributed by atoms with Crippen molar-refractivity contribution in [3.63, 3.8) is 0 Å². The predicted molar refractivity (Wildman–Crippen MR) is 151 cm³/mol. The molecule has 16 heteroatoms. The van der Waals surface area contributed by atoms with Gasteiger partial charge in [-0.05, 0) is 73.5 Å². The van der Waals surface area contributed by atoms with Gasteiger partial charge in [0, 0.05) is 29.8 Å². The number of rotatable bonds is 9. The molecule has 2 N–H and O–H groups in total. The number of aliphatic carboxylic acids is 1. The lowest BCUT2D eigenvalue weighted by Crippen LogP contribution is -2.44. The van der Waals surface area contributed by atoms with Crippen LogP contribution in [0.1, 0.15) is 59.1 Å². The van der Waals surface area contributed by atoms with Gasteiger partial charge in [-0.3, -0.25) is 9.69 Å². The summed E-state index contributed by atoms with van der Waals surface area (Å²) in [5, 5.41) is 8.22. The molecule has 1 amide bonds. The first-order valence-corrected chi connectivity index (χ1v) is 15.6. The van der Waals surface area contributed by atoms with Gasteiger partial charge in [0.15, 0.2) is 0 Å². The minimum Gasteiger partial charge on any atom is -0.489 e. The first-order valence-electron chi connectivity index (χ1n) is 13.0. The second kappa shape index (κ2) is 14.4. The average Bonchev–Trinajstić information content (AvgIpc) is 3.71. The number of methoxy groups -OCH3 is 1. The number of benzene rings is 2. The highest BCUT2D eigenvalue weighted by molar-refractivity contribution is 7.89. The van der Waals surface area contributed by atoms with Crippen molar-refractivity contribution in [3.8, 4) is 5.75 Å². The second-order valence-corrected chi connectivity index (χ2v) is 12.8. The van der Waals surface area contributed by atoms with E-state index in [1.807, 2.05) is 16.9 Å². The highest BCUT2D eigenvalue weighted by Crippen LogP contribution is 2.45. The van der Waals surface area contributed by atoms with Gasteiger partial charge < -0.3 is 14.6 Å². The van der Waals surface area contributed by atoms with Crippen molar-refractivity contribution in [3.05, 3.63) is 62.9 Å². The molecule has 43 heavy (non-hydrogen) atoms. The summed E-state index contributed by atoms with van der Waals surface area (Å²) in [6, 6.07) is 7.98. The Morgan fingerprint density at radius 1 is 1.12 bits per heavy atom. The number of sulfonamides is 1. The molecule has 4 rings (SSSR count). The molecule has 1 heterocycles. The summed E-state index contributed by atoms with van der Waals surface area (Å²) >= 11 is 12.5. The first kappa shape index (κ1) is 34.8. The minimum atomic E-state index is -5.08. The van der Waals surface area contributed by atoms with Crippen LogP contribution in [-0.4, -0.2) is 75.6 Å². The van der Waals surface area contributed by atoms with Gasteiger partial charge in [0.25, 0.3) is 5.91 Å². The largest absolute Gasteiger partial charge is 0.490 e. The minimum absolute atomic E-state index is 0.0840. The monoisotopic (exact) mass is 672 g/mol. The van der Waals surface area contributed by atoms with Crippen LogP contribution in [0.2, 0.25) is 10.0 Å².